The number of carbonyl (C=O) groups excluding carboxylic acids is 4. The lowest BCUT2D eigenvalue weighted by Gasteiger charge is -2.50. The molecule has 26 heteroatoms. The fourth-order valence-electron chi connectivity index (χ4n) is 16.8. The molecule has 10 N–H and O–H groups in total. The third-order valence-electron chi connectivity index (χ3n) is 24.8. The van der Waals surface area contributed by atoms with Crippen LogP contribution in [0.15, 0.2) is 0 Å². The van der Waals surface area contributed by atoms with Gasteiger partial charge in [0.1, 0.15) is 92.6 Å². The molecule has 1 saturated carbocycles. The van der Waals surface area contributed by atoms with E-state index in [4.69, 9.17) is 46.9 Å². The van der Waals surface area contributed by atoms with Crippen molar-refractivity contribution in [3.05, 3.63) is 0 Å². The van der Waals surface area contributed by atoms with Gasteiger partial charge in [-0.2, -0.15) is 0 Å². The topological polar surface area (TPSA) is 380 Å². The average molecular weight is 1750 g/mol. The minimum absolute atomic E-state index is 0.0201. The maximum absolute atomic E-state index is 14.9. The Labute approximate surface area is 731 Å². The zero-order chi connectivity index (χ0) is 88.4. The van der Waals surface area contributed by atoms with E-state index in [1.165, 1.54) is 225 Å². The maximum Gasteiger partial charge on any atom is 0.472 e. The minimum Gasteiger partial charge on any atom is -0.463 e. The summed E-state index contributed by atoms with van der Waals surface area (Å²) in [6, 6.07) is 0. The summed E-state index contributed by atoms with van der Waals surface area (Å²) in [6.07, 6.45) is 30.7. The number of hydrogen-bond acceptors (Lipinski definition) is 24. The van der Waals surface area contributed by atoms with Crippen LogP contribution in [-0.4, -0.2) is 205 Å². The van der Waals surface area contributed by atoms with Gasteiger partial charge in [0.15, 0.2) is 24.8 Å². The van der Waals surface area contributed by atoms with Gasteiger partial charge in [-0.15, -0.1) is 0 Å². The molecular formula is C95H179O25P. The Bertz CT molecular complexity index is 2520. The lowest BCUT2D eigenvalue weighted by atomic mass is 9.84. The number of unbranched alkanes of at least 4 members (excludes halogenated alkanes) is 53. The molecule has 0 aromatic rings. The number of phosphoric ester groups is 1. The molecule has 2 aliphatic heterocycles. The highest BCUT2D eigenvalue weighted by Crippen LogP contribution is 2.49. The van der Waals surface area contributed by atoms with Crippen molar-refractivity contribution in [3.8, 4) is 0 Å². The monoisotopic (exact) mass is 1750 g/mol. The van der Waals surface area contributed by atoms with Crippen LogP contribution in [0.2, 0.25) is 0 Å². The summed E-state index contributed by atoms with van der Waals surface area (Å²) in [5.74, 6) is -2.27. The van der Waals surface area contributed by atoms with Gasteiger partial charge < -0.3 is 88.7 Å². The number of ether oxygens (including phenoxy) is 8. The van der Waals surface area contributed by atoms with Gasteiger partial charge in [0.2, 0.25) is 0 Å². The van der Waals surface area contributed by atoms with Crippen LogP contribution in [0.25, 0.3) is 0 Å². The van der Waals surface area contributed by atoms with Gasteiger partial charge in [-0.3, -0.25) is 28.2 Å². The largest absolute Gasteiger partial charge is 0.472 e. The quantitative estimate of drug-likeness (QED) is 0.0117. The highest BCUT2D eigenvalue weighted by molar-refractivity contribution is 7.47. The van der Waals surface area contributed by atoms with Crippen LogP contribution in [-0.2, 0) is 70.7 Å². The minimum atomic E-state index is -5.81. The summed E-state index contributed by atoms with van der Waals surface area (Å²) >= 11 is 0. The van der Waals surface area contributed by atoms with Crippen molar-refractivity contribution in [2.45, 2.75) is 550 Å². The molecule has 3 fully saturated rings. The summed E-state index contributed by atoms with van der Waals surface area (Å²) in [5, 5.41) is 103. The lowest BCUT2D eigenvalue weighted by molar-refractivity contribution is -0.360. The molecule has 0 amide bonds. The SMILES string of the molecule is CCCCCCCCCCCCCCCCCCC(=O)OCC1OC(OC2C(OC(=O)CCCCCCCCCCCCCCCCC)C(O)C(O)C(OC3OC(CO)C(O)C(O)C3O)C2OP(=O)(O)OCC(COC(=O)CCCCCCCCCCCCCCCCC)OC(=O)CCCCCCCCC(C)CCCCCCCC)C(O)C(O)C1O. The fraction of sp³-hybridized carbons (Fsp3) is 0.958. The van der Waals surface area contributed by atoms with Crippen molar-refractivity contribution in [1.29, 1.82) is 0 Å². The molecule has 3 aliphatic rings. The van der Waals surface area contributed by atoms with Crippen LogP contribution in [0, 0.1) is 5.92 Å². The third kappa shape index (κ3) is 53.3. The molecule has 1 aliphatic carbocycles. The second-order valence-corrected chi connectivity index (χ2v) is 37.3. The van der Waals surface area contributed by atoms with Gasteiger partial charge in [-0.05, 0) is 31.6 Å². The first-order valence-corrected chi connectivity index (χ1v) is 51.2. The maximum atomic E-state index is 14.9. The van der Waals surface area contributed by atoms with E-state index in [-0.39, 0.29) is 25.7 Å². The fourth-order valence-corrected chi connectivity index (χ4v) is 17.8. The number of rotatable bonds is 81. The van der Waals surface area contributed by atoms with E-state index in [0.29, 0.717) is 38.0 Å². The average Bonchev–Trinajstić information content (AvgIpc) is 0.754. The van der Waals surface area contributed by atoms with Gasteiger partial charge >= 0.3 is 31.7 Å². The Kier molecular flexibility index (Phi) is 68.2. The number of phosphoric acid groups is 1. The summed E-state index contributed by atoms with van der Waals surface area (Å²) in [4.78, 5) is 66.7. The highest BCUT2D eigenvalue weighted by atomic mass is 31.2. The molecular weight excluding hydrogens is 1570 g/mol. The first kappa shape index (κ1) is 113. The second kappa shape index (κ2) is 73.3. The predicted molar refractivity (Wildman–Crippen MR) is 472 cm³/mol. The molecule has 0 bridgehead atoms. The van der Waals surface area contributed by atoms with Crippen LogP contribution in [0.5, 0.6) is 0 Å². The number of hydrogen-bond donors (Lipinski definition) is 10. The van der Waals surface area contributed by atoms with Crippen molar-refractivity contribution >= 4 is 31.7 Å². The number of esters is 4. The first-order valence-electron chi connectivity index (χ1n) is 49.7. The van der Waals surface area contributed by atoms with Crippen LogP contribution in [0.4, 0.5) is 0 Å². The Morgan fingerprint density at radius 3 is 0.983 bits per heavy atom. The van der Waals surface area contributed by atoms with Crippen molar-refractivity contribution < 1.29 is 122 Å². The predicted octanol–water partition coefficient (Wildman–Crippen LogP) is 19.2. The van der Waals surface area contributed by atoms with Gasteiger partial charge in [-0.25, -0.2) is 4.57 Å². The summed E-state index contributed by atoms with van der Waals surface area (Å²) in [7, 11) is -5.81. The molecule has 19 unspecified atom stereocenters. The van der Waals surface area contributed by atoms with Gasteiger partial charge in [-0.1, -0.05) is 394 Å². The van der Waals surface area contributed by atoms with E-state index in [2.05, 4.69) is 34.6 Å². The molecule has 19 atom stereocenters. The molecule has 2 heterocycles. The highest BCUT2D eigenvalue weighted by Gasteiger charge is 2.60. The molecule has 0 spiro atoms. The molecule has 714 valence electrons. The standard InChI is InChI=1S/C95H179O25P/c1-6-10-14-18-22-25-28-31-34-37-39-42-45-48-55-61-67-79(98)112-73-77-83(102)85(104)89(108)95(116-77)119-92-90(117-81(100)69-63-56-49-46-43-40-36-33-30-27-24-20-16-12-8-3)86(105)87(106)91(118-94-88(107)84(103)82(101)76(70-96)115-94)93(92)120-121(109,110)113-72-75(71-111-78(97)66-60-54-47-44-41-38-35-32-29-26-23-19-15-11-7-2)114-80(99)68-62-57-51-50-53-59-65-74(5)64-58-52-21-17-13-9-4/h74-77,82-96,101-108H,6-73H2,1-5H3,(H,109,110). The van der Waals surface area contributed by atoms with E-state index in [1.807, 2.05) is 0 Å². The van der Waals surface area contributed by atoms with E-state index >= 15 is 0 Å². The molecule has 25 nitrogen and oxygen atoms in total. The van der Waals surface area contributed by atoms with Gasteiger partial charge in [0, 0.05) is 25.7 Å². The van der Waals surface area contributed by atoms with Crippen LogP contribution in [0.1, 0.15) is 446 Å². The van der Waals surface area contributed by atoms with Crippen molar-refractivity contribution in [3.63, 3.8) is 0 Å². The normalized spacial score (nSPS) is 24.8. The smallest absolute Gasteiger partial charge is 0.463 e. The number of aliphatic hydroxyl groups is 9. The number of carbonyl (C=O) groups is 4. The molecule has 0 aromatic heterocycles. The summed E-state index contributed by atoms with van der Waals surface area (Å²) in [5.41, 5.74) is 0. The molecule has 2 saturated heterocycles. The summed E-state index contributed by atoms with van der Waals surface area (Å²) < 4.78 is 73.7. The van der Waals surface area contributed by atoms with Crippen molar-refractivity contribution in [2.75, 3.05) is 26.4 Å². The molecule has 121 heavy (non-hydrogen) atoms. The molecule has 0 aromatic carbocycles. The van der Waals surface area contributed by atoms with Crippen LogP contribution in [0.3, 0.4) is 0 Å². The van der Waals surface area contributed by atoms with E-state index in [9.17, 15) is 74.6 Å². The zero-order valence-electron chi connectivity index (χ0n) is 76.5. The zero-order valence-corrected chi connectivity index (χ0v) is 77.4. The number of aliphatic hydroxyl groups excluding tert-OH is 9. The lowest BCUT2D eigenvalue weighted by Crippen LogP contribution is -2.70. The van der Waals surface area contributed by atoms with E-state index < -0.39 is 162 Å². The van der Waals surface area contributed by atoms with E-state index in [1.54, 1.807) is 0 Å². The Morgan fingerprint density at radius 2 is 0.620 bits per heavy atom. The Hall–Kier alpha value is -2.53. The molecule has 0 radical (unpaired) electrons. The van der Waals surface area contributed by atoms with E-state index in [0.717, 1.165) is 128 Å². The van der Waals surface area contributed by atoms with Gasteiger partial charge in [0.25, 0.3) is 0 Å². The Morgan fingerprint density at radius 1 is 0.322 bits per heavy atom. The first-order chi connectivity index (χ1) is 58.6. The van der Waals surface area contributed by atoms with Crippen LogP contribution < -0.4 is 0 Å². The third-order valence-corrected chi connectivity index (χ3v) is 25.7. The Balaban J connectivity index is 1.90. The van der Waals surface area contributed by atoms with Gasteiger partial charge in [0.05, 0.1) is 13.2 Å². The second-order valence-electron chi connectivity index (χ2n) is 35.9. The summed E-state index contributed by atoms with van der Waals surface area (Å²) in [6.45, 7) is 7.99. The van der Waals surface area contributed by atoms with Crippen molar-refractivity contribution in [2.24, 2.45) is 5.92 Å². The van der Waals surface area contributed by atoms with Crippen LogP contribution >= 0.6 is 7.82 Å². The van der Waals surface area contributed by atoms with Crippen molar-refractivity contribution in [1.82, 2.24) is 0 Å². The molecule has 3 rings (SSSR count).